The maximum atomic E-state index is 12.1. The van der Waals surface area contributed by atoms with Crippen LogP contribution in [0, 0.1) is 5.92 Å². The maximum Gasteiger partial charge on any atom is 0.310 e. The molecule has 0 aromatic heterocycles. The van der Waals surface area contributed by atoms with Gasteiger partial charge in [0.1, 0.15) is 6.61 Å². The van der Waals surface area contributed by atoms with E-state index in [0.29, 0.717) is 6.61 Å². The number of nitrogens with one attached hydrogen (secondary N) is 1. The predicted molar refractivity (Wildman–Crippen MR) is 83.9 cm³/mol. The average Bonchev–Trinajstić information content (AvgIpc) is 2.48. The summed E-state index contributed by atoms with van der Waals surface area (Å²) < 4.78 is 5.42. The van der Waals surface area contributed by atoms with Crippen LogP contribution in [0.1, 0.15) is 26.3 Å². The highest BCUT2D eigenvalue weighted by atomic mass is 16.5. The van der Waals surface area contributed by atoms with Crippen molar-refractivity contribution in [3.8, 4) is 0 Å². The second kappa shape index (κ2) is 7.05. The van der Waals surface area contributed by atoms with E-state index in [1.165, 1.54) is 0 Å². The molecule has 0 saturated carbocycles. The standard InChI is InChI=1S/C17H26N2O2/c1-14(11-19-10-9-18-13-17(19,2)3)16(20)21-12-15-7-5-4-6-8-15/h4-8,14,18H,9-13H2,1-3H3. The van der Waals surface area contributed by atoms with Crippen LogP contribution in [0.25, 0.3) is 0 Å². The van der Waals surface area contributed by atoms with Gasteiger partial charge in [-0.3, -0.25) is 9.69 Å². The molecule has 1 heterocycles. The third-order valence-corrected chi connectivity index (χ3v) is 4.09. The van der Waals surface area contributed by atoms with Gasteiger partial charge in [-0.05, 0) is 19.4 Å². The fourth-order valence-corrected chi connectivity index (χ4v) is 2.64. The first-order valence-corrected chi connectivity index (χ1v) is 7.65. The third kappa shape index (κ3) is 4.55. The maximum absolute atomic E-state index is 12.1. The first-order valence-electron chi connectivity index (χ1n) is 7.65. The molecule has 1 fully saturated rings. The lowest BCUT2D eigenvalue weighted by atomic mass is 9.98. The highest BCUT2D eigenvalue weighted by Crippen LogP contribution is 2.18. The van der Waals surface area contributed by atoms with Gasteiger partial charge < -0.3 is 10.1 Å². The van der Waals surface area contributed by atoms with E-state index in [-0.39, 0.29) is 17.4 Å². The summed E-state index contributed by atoms with van der Waals surface area (Å²) in [5.41, 5.74) is 1.12. The van der Waals surface area contributed by atoms with E-state index in [1.54, 1.807) is 0 Å². The molecule has 1 aliphatic heterocycles. The van der Waals surface area contributed by atoms with E-state index in [0.717, 1.165) is 31.7 Å². The molecule has 0 spiro atoms. The van der Waals surface area contributed by atoms with Crippen LogP contribution < -0.4 is 5.32 Å². The van der Waals surface area contributed by atoms with Crippen molar-refractivity contribution in [2.24, 2.45) is 5.92 Å². The Bertz CT molecular complexity index is 459. The highest BCUT2D eigenvalue weighted by Gasteiger charge is 2.31. The second-order valence-electron chi connectivity index (χ2n) is 6.43. The molecule has 116 valence electrons. The summed E-state index contributed by atoms with van der Waals surface area (Å²) in [7, 11) is 0. The van der Waals surface area contributed by atoms with Gasteiger partial charge in [0.05, 0.1) is 5.92 Å². The van der Waals surface area contributed by atoms with Gasteiger partial charge >= 0.3 is 5.97 Å². The Hall–Kier alpha value is -1.39. The molecule has 0 bridgehead atoms. The molecule has 1 N–H and O–H groups in total. The number of hydrogen-bond acceptors (Lipinski definition) is 4. The van der Waals surface area contributed by atoms with Gasteiger partial charge in [-0.2, -0.15) is 0 Å². The van der Waals surface area contributed by atoms with Crippen molar-refractivity contribution in [2.75, 3.05) is 26.2 Å². The molecule has 1 aliphatic rings. The van der Waals surface area contributed by atoms with Crippen LogP contribution in [0.4, 0.5) is 0 Å². The summed E-state index contributed by atoms with van der Waals surface area (Å²) in [6.45, 7) is 10.4. The van der Waals surface area contributed by atoms with Crippen molar-refractivity contribution in [3.05, 3.63) is 35.9 Å². The number of piperazine rings is 1. The van der Waals surface area contributed by atoms with E-state index in [1.807, 2.05) is 37.3 Å². The Morgan fingerprint density at radius 3 is 2.76 bits per heavy atom. The monoisotopic (exact) mass is 290 g/mol. The number of esters is 1. The van der Waals surface area contributed by atoms with Crippen LogP contribution in [-0.2, 0) is 16.1 Å². The minimum Gasteiger partial charge on any atom is -0.461 e. The summed E-state index contributed by atoms with van der Waals surface area (Å²) in [4.78, 5) is 14.5. The summed E-state index contributed by atoms with van der Waals surface area (Å²) in [5, 5.41) is 3.40. The number of hydrogen-bond donors (Lipinski definition) is 1. The molecule has 1 aromatic rings. The molecule has 1 saturated heterocycles. The van der Waals surface area contributed by atoms with Gasteiger partial charge in [0.15, 0.2) is 0 Å². The fourth-order valence-electron chi connectivity index (χ4n) is 2.64. The molecule has 4 heteroatoms. The van der Waals surface area contributed by atoms with Crippen molar-refractivity contribution in [1.82, 2.24) is 10.2 Å². The Kier molecular flexibility index (Phi) is 5.37. The molecule has 4 nitrogen and oxygen atoms in total. The van der Waals surface area contributed by atoms with Crippen molar-refractivity contribution in [1.29, 1.82) is 0 Å². The molecule has 1 aromatic carbocycles. The van der Waals surface area contributed by atoms with E-state index >= 15 is 0 Å². The van der Waals surface area contributed by atoms with Crippen molar-refractivity contribution in [2.45, 2.75) is 32.9 Å². The van der Waals surface area contributed by atoms with E-state index in [4.69, 9.17) is 4.74 Å². The summed E-state index contributed by atoms with van der Waals surface area (Å²) in [6, 6.07) is 9.81. The second-order valence-corrected chi connectivity index (χ2v) is 6.43. The number of rotatable bonds is 5. The van der Waals surface area contributed by atoms with Crippen LogP contribution in [0.15, 0.2) is 30.3 Å². The summed E-state index contributed by atoms with van der Waals surface area (Å²) >= 11 is 0. The Morgan fingerprint density at radius 1 is 1.38 bits per heavy atom. The quantitative estimate of drug-likeness (QED) is 0.843. The topological polar surface area (TPSA) is 41.6 Å². The minimum atomic E-state index is -0.117. The third-order valence-electron chi connectivity index (χ3n) is 4.09. The number of carbonyl (C=O) groups is 1. The van der Waals surface area contributed by atoms with Gasteiger partial charge in [-0.25, -0.2) is 0 Å². The molecule has 2 rings (SSSR count). The molecule has 21 heavy (non-hydrogen) atoms. The van der Waals surface area contributed by atoms with Crippen LogP contribution in [0.2, 0.25) is 0 Å². The molecule has 1 unspecified atom stereocenters. The molecule has 1 atom stereocenters. The smallest absolute Gasteiger partial charge is 0.310 e. The lowest BCUT2D eigenvalue weighted by molar-refractivity contribution is -0.150. The fraction of sp³-hybridized carbons (Fsp3) is 0.588. The Morgan fingerprint density at radius 2 is 2.10 bits per heavy atom. The number of benzene rings is 1. The van der Waals surface area contributed by atoms with Gasteiger partial charge in [0.25, 0.3) is 0 Å². The largest absolute Gasteiger partial charge is 0.461 e. The van der Waals surface area contributed by atoms with Crippen LogP contribution in [0.5, 0.6) is 0 Å². The Balaban J connectivity index is 1.82. The van der Waals surface area contributed by atoms with Crippen LogP contribution >= 0.6 is 0 Å². The van der Waals surface area contributed by atoms with Crippen LogP contribution in [0.3, 0.4) is 0 Å². The average molecular weight is 290 g/mol. The summed E-state index contributed by atoms with van der Waals surface area (Å²) in [5.74, 6) is -0.223. The molecule has 0 radical (unpaired) electrons. The normalized spacial score (nSPS) is 20.0. The Labute approximate surface area is 127 Å². The number of nitrogens with zero attached hydrogens (tertiary/aromatic N) is 1. The van der Waals surface area contributed by atoms with Crippen molar-refractivity contribution >= 4 is 5.97 Å². The van der Waals surface area contributed by atoms with Crippen molar-refractivity contribution in [3.63, 3.8) is 0 Å². The zero-order chi connectivity index (χ0) is 15.3. The SMILES string of the molecule is CC(CN1CCNCC1(C)C)C(=O)OCc1ccccc1. The minimum absolute atomic E-state index is 0.0895. The number of ether oxygens (including phenoxy) is 1. The van der Waals surface area contributed by atoms with Crippen molar-refractivity contribution < 1.29 is 9.53 Å². The molecule has 0 aliphatic carbocycles. The van der Waals surface area contributed by atoms with Gasteiger partial charge in [0, 0.05) is 31.7 Å². The zero-order valence-corrected chi connectivity index (χ0v) is 13.3. The number of carbonyl (C=O) groups excluding carboxylic acids is 1. The highest BCUT2D eigenvalue weighted by molar-refractivity contribution is 5.72. The van der Waals surface area contributed by atoms with Crippen LogP contribution in [-0.4, -0.2) is 42.6 Å². The predicted octanol–water partition coefficient (Wildman–Crippen LogP) is 2.05. The van der Waals surface area contributed by atoms with Gasteiger partial charge in [0.2, 0.25) is 0 Å². The van der Waals surface area contributed by atoms with Gasteiger partial charge in [-0.1, -0.05) is 37.3 Å². The lowest BCUT2D eigenvalue weighted by Crippen LogP contribution is -2.59. The first-order chi connectivity index (χ1) is 9.99. The molecule has 0 amide bonds. The first kappa shape index (κ1) is 16.0. The van der Waals surface area contributed by atoms with E-state index < -0.39 is 0 Å². The zero-order valence-electron chi connectivity index (χ0n) is 13.3. The summed E-state index contributed by atoms with van der Waals surface area (Å²) in [6.07, 6.45) is 0. The van der Waals surface area contributed by atoms with E-state index in [2.05, 4.69) is 24.1 Å². The molecular formula is C17H26N2O2. The van der Waals surface area contributed by atoms with E-state index in [9.17, 15) is 4.79 Å². The van der Waals surface area contributed by atoms with Gasteiger partial charge in [-0.15, -0.1) is 0 Å². The molecular weight excluding hydrogens is 264 g/mol. The lowest BCUT2D eigenvalue weighted by Gasteiger charge is -2.43.